The number of nitrogens with one attached hydrogen (secondary N) is 1. The zero-order valence-corrected chi connectivity index (χ0v) is 15.5. The van der Waals surface area contributed by atoms with Gasteiger partial charge in [0.2, 0.25) is 11.6 Å². The van der Waals surface area contributed by atoms with Crippen molar-refractivity contribution in [3.8, 4) is 11.6 Å². The van der Waals surface area contributed by atoms with Crippen molar-refractivity contribution < 1.29 is 14.2 Å². The van der Waals surface area contributed by atoms with Crippen LogP contribution in [0.25, 0.3) is 5.82 Å². The molecular weight excluding hydrogens is 364 g/mol. The summed E-state index contributed by atoms with van der Waals surface area (Å²) in [6.07, 6.45) is 2.79. The highest BCUT2D eigenvalue weighted by Crippen LogP contribution is 2.17. The molecule has 3 aromatic rings. The van der Waals surface area contributed by atoms with E-state index in [9.17, 15) is 4.79 Å². The second-order valence-corrected chi connectivity index (χ2v) is 5.69. The molecule has 3 rings (SSSR count). The molecule has 11 heteroatoms. The molecule has 146 valence electrons. The number of nitrogens with zero attached hydrogens (tertiary/aromatic N) is 6. The van der Waals surface area contributed by atoms with Crippen molar-refractivity contribution in [1.82, 2.24) is 30.7 Å². The molecule has 0 atom stereocenters. The Morgan fingerprint density at radius 1 is 1.36 bits per heavy atom. The minimum absolute atomic E-state index is 0.0553. The molecule has 1 amide bonds. The predicted molar refractivity (Wildman–Crippen MR) is 100 cm³/mol. The van der Waals surface area contributed by atoms with Crippen molar-refractivity contribution in [2.24, 2.45) is 5.10 Å². The summed E-state index contributed by atoms with van der Waals surface area (Å²) in [4.78, 5) is 12.5. The van der Waals surface area contributed by atoms with Crippen molar-refractivity contribution >= 4 is 17.9 Å². The molecule has 0 aliphatic heterocycles. The summed E-state index contributed by atoms with van der Waals surface area (Å²) in [7, 11) is 0. The van der Waals surface area contributed by atoms with Gasteiger partial charge < -0.3 is 10.5 Å². The largest absolute Gasteiger partial charge is 0.493 e. The van der Waals surface area contributed by atoms with Gasteiger partial charge in [0.15, 0.2) is 5.69 Å². The van der Waals surface area contributed by atoms with E-state index in [-0.39, 0.29) is 17.3 Å². The summed E-state index contributed by atoms with van der Waals surface area (Å²) in [6.45, 7) is 4.39. The predicted octanol–water partition coefficient (Wildman–Crippen LogP) is 1.35. The van der Waals surface area contributed by atoms with Gasteiger partial charge in [-0.1, -0.05) is 30.7 Å². The number of benzene rings is 1. The van der Waals surface area contributed by atoms with Crippen LogP contribution in [0.15, 0.2) is 34.0 Å². The van der Waals surface area contributed by atoms with Crippen LogP contribution < -0.4 is 15.9 Å². The molecule has 2 heterocycles. The Kier molecular flexibility index (Phi) is 5.94. The minimum atomic E-state index is -0.505. The van der Waals surface area contributed by atoms with Gasteiger partial charge in [-0.2, -0.15) is 9.78 Å². The molecule has 0 saturated heterocycles. The van der Waals surface area contributed by atoms with Crippen LogP contribution in [0.4, 0.5) is 5.82 Å². The zero-order valence-electron chi connectivity index (χ0n) is 15.5. The maximum atomic E-state index is 12.5. The number of anilines is 1. The van der Waals surface area contributed by atoms with E-state index >= 15 is 0 Å². The summed E-state index contributed by atoms with van der Waals surface area (Å²) in [6, 6.07) is 7.38. The number of nitrogen functional groups attached to an aromatic ring is 1. The number of carbonyl (C=O) groups excluding carboxylic acids is 1. The van der Waals surface area contributed by atoms with E-state index in [4.69, 9.17) is 10.5 Å². The first-order chi connectivity index (χ1) is 13.7. The lowest BCUT2D eigenvalue weighted by Crippen LogP contribution is -2.20. The lowest BCUT2D eigenvalue weighted by Gasteiger charge is -2.06. The van der Waals surface area contributed by atoms with Crippen LogP contribution in [0.5, 0.6) is 5.75 Å². The molecule has 0 radical (unpaired) electrons. The summed E-state index contributed by atoms with van der Waals surface area (Å²) in [5, 5.41) is 19.1. The monoisotopic (exact) mass is 384 g/mol. The first-order valence-electron chi connectivity index (χ1n) is 8.73. The van der Waals surface area contributed by atoms with Crippen LogP contribution in [-0.4, -0.2) is 44.0 Å². The molecule has 3 N–H and O–H groups in total. The van der Waals surface area contributed by atoms with E-state index in [1.54, 1.807) is 0 Å². The van der Waals surface area contributed by atoms with Crippen molar-refractivity contribution in [1.29, 1.82) is 0 Å². The normalized spacial score (nSPS) is 11.1. The van der Waals surface area contributed by atoms with Gasteiger partial charge >= 0.3 is 0 Å². The lowest BCUT2D eigenvalue weighted by atomic mass is 10.2. The number of hydrazone groups is 1. The number of aromatic nitrogens is 5. The lowest BCUT2D eigenvalue weighted by molar-refractivity contribution is 0.0949. The van der Waals surface area contributed by atoms with Gasteiger partial charge in [-0.3, -0.25) is 4.79 Å². The molecule has 0 aliphatic rings. The third-order valence-electron chi connectivity index (χ3n) is 3.75. The Labute approximate surface area is 160 Å². The van der Waals surface area contributed by atoms with Crippen LogP contribution in [0.1, 0.15) is 42.0 Å². The van der Waals surface area contributed by atoms with E-state index in [0.717, 1.165) is 12.0 Å². The van der Waals surface area contributed by atoms with Crippen molar-refractivity contribution in [2.75, 3.05) is 12.3 Å². The average Bonchev–Trinajstić information content (AvgIpc) is 3.29. The molecule has 0 unspecified atom stereocenters. The minimum Gasteiger partial charge on any atom is -0.493 e. The Hall–Kier alpha value is -3.76. The van der Waals surface area contributed by atoms with Gasteiger partial charge in [0, 0.05) is 5.56 Å². The van der Waals surface area contributed by atoms with E-state index in [1.807, 2.05) is 38.1 Å². The first kappa shape index (κ1) is 19.0. The molecule has 0 bridgehead atoms. The van der Waals surface area contributed by atoms with E-state index in [1.165, 1.54) is 10.9 Å². The molecule has 0 fully saturated rings. The molecule has 28 heavy (non-hydrogen) atoms. The van der Waals surface area contributed by atoms with E-state index < -0.39 is 5.91 Å². The van der Waals surface area contributed by atoms with Crippen LogP contribution in [0.3, 0.4) is 0 Å². The van der Waals surface area contributed by atoms with Crippen LogP contribution >= 0.6 is 0 Å². The SMILES string of the molecule is CCCc1c(C(=O)N/N=C\c2ccccc2OCC)nnn1-c1nonc1N. The number of rotatable bonds is 8. The number of hydrogen-bond acceptors (Lipinski definition) is 9. The number of para-hydroxylation sites is 1. The summed E-state index contributed by atoms with van der Waals surface area (Å²) in [5.74, 6) is 0.411. The maximum absolute atomic E-state index is 12.5. The van der Waals surface area contributed by atoms with Gasteiger partial charge in [0.05, 0.1) is 18.5 Å². The Bertz CT molecular complexity index is 978. The fraction of sp³-hybridized carbons (Fsp3) is 0.294. The molecule has 0 saturated carbocycles. The molecule has 0 aliphatic carbocycles. The van der Waals surface area contributed by atoms with Crippen LogP contribution in [-0.2, 0) is 6.42 Å². The Balaban J connectivity index is 1.80. The van der Waals surface area contributed by atoms with E-state index in [0.29, 0.717) is 24.5 Å². The second-order valence-electron chi connectivity index (χ2n) is 5.69. The number of amides is 1. The molecular formula is C17H20N8O3. The molecule has 1 aromatic carbocycles. The second kappa shape index (κ2) is 8.75. The van der Waals surface area contributed by atoms with Crippen molar-refractivity contribution in [3.05, 3.63) is 41.2 Å². The summed E-state index contributed by atoms with van der Waals surface area (Å²) < 4.78 is 11.5. The third-order valence-corrected chi connectivity index (χ3v) is 3.75. The van der Waals surface area contributed by atoms with E-state index in [2.05, 4.69) is 35.8 Å². The highest BCUT2D eigenvalue weighted by molar-refractivity contribution is 5.94. The molecule has 2 aromatic heterocycles. The van der Waals surface area contributed by atoms with Crippen LogP contribution in [0.2, 0.25) is 0 Å². The summed E-state index contributed by atoms with van der Waals surface area (Å²) >= 11 is 0. The average molecular weight is 384 g/mol. The maximum Gasteiger partial charge on any atom is 0.293 e. The Morgan fingerprint density at radius 3 is 2.89 bits per heavy atom. The number of carbonyl (C=O) groups is 1. The highest BCUT2D eigenvalue weighted by Gasteiger charge is 2.23. The molecule has 11 nitrogen and oxygen atoms in total. The fourth-order valence-electron chi connectivity index (χ4n) is 2.53. The first-order valence-corrected chi connectivity index (χ1v) is 8.73. The number of ether oxygens (including phenoxy) is 1. The zero-order chi connectivity index (χ0) is 19.9. The van der Waals surface area contributed by atoms with Gasteiger partial charge in [-0.05, 0) is 35.8 Å². The topological polar surface area (TPSA) is 146 Å². The fourth-order valence-corrected chi connectivity index (χ4v) is 2.53. The van der Waals surface area contributed by atoms with Crippen LogP contribution in [0, 0.1) is 0 Å². The summed E-state index contributed by atoms with van der Waals surface area (Å²) in [5.41, 5.74) is 9.57. The number of hydrogen-bond donors (Lipinski definition) is 2. The highest BCUT2D eigenvalue weighted by atomic mass is 16.6. The van der Waals surface area contributed by atoms with Gasteiger partial charge in [0.25, 0.3) is 5.91 Å². The van der Waals surface area contributed by atoms with Crippen molar-refractivity contribution in [3.63, 3.8) is 0 Å². The van der Waals surface area contributed by atoms with Gasteiger partial charge in [-0.25, -0.2) is 10.1 Å². The van der Waals surface area contributed by atoms with Gasteiger partial charge in [-0.15, -0.1) is 5.10 Å². The Morgan fingerprint density at radius 2 is 2.18 bits per heavy atom. The smallest absolute Gasteiger partial charge is 0.293 e. The number of nitrogens with two attached hydrogens (primary N) is 1. The standard InChI is InChI=1S/C17H20N8O3/c1-3-7-12-14(20-24-25(12)16-15(18)22-28-23-16)17(26)21-19-10-11-8-5-6-9-13(11)27-4-2/h5-6,8-10H,3-4,7H2,1-2H3,(H2,18,22)(H,21,26)/b19-10-. The third kappa shape index (κ3) is 3.98. The van der Waals surface area contributed by atoms with Gasteiger partial charge in [0.1, 0.15) is 5.75 Å². The molecule has 0 spiro atoms. The quantitative estimate of drug-likeness (QED) is 0.437. The van der Waals surface area contributed by atoms with Crippen molar-refractivity contribution in [2.45, 2.75) is 26.7 Å².